The molecule has 0 aromatic carbocycles. The van der Waals surface area contributed by atoms with Crippen molar-refractivity contribution >= 4 is 5.97 Å². The van der Waals surface area contributed by atoms with E-state index in [1.54, 1.807) is 20.0 Å². The van der Waals surface area contributed by atoms with Gasteiger partial charge in [-0.3, -0.25) is 4.68 Å². The van der Waals surface area contributed by atoms with Crippen LogP contribution in [0.5, 0.6) is 0 Å². The van der Waals surface area contributed by atoms with E-state index in [2.05, 4.69) is 5.10 Å². The molecule has 1 rings (SSSR count). The van der Waals surface area contributed by atoms with Crippen molar-refractivity contribution in [3.05, 3.63) is 17.5 Å². The number of aliphatic hydroxyl groups is 1. The Labute approximate surface area is 82.3 Å². The third-order valence-corrected chi connectivity index (χ3v) is 1.77. The molecule has 1 heterocycles. The number of hydrogen-bond acceptors (Lipinski definition) is 4. The van der Waals surface area contributed by atoms with Gasteiger partial charge in [-0.2, -0.15) is 5.10 Å². The average Bonchev–Trinajstić information content (AvgIpc) is 2.48. The van der Waals surface area contributed by atoms with Gasteiger partial charge in [-0.1, -0.05) is 0 Å². The fraction of sp³-hybridized carbons (Fsp3) is 0.556. The van der Waals surface area contributed by atoms with Crippen LogP contribution in [0.3, 0.4) is 0 Å². The summed E-state index contributed by atoms with van der Waals surface area (Å²) in [5, 5.41) is 12.7. The summed E-state index contributed by atoms with van der Waals surface area (Å²) in [5.41, 5.74) is 1.08. The van der Waals surface area contributed by atoms with Crippen LogP contribution in [0.2, 0.25) is 0 Å². The minimum atomic E-state index is -0.366. The Bertz CT molecular complexity index is 320. The maximum Gasteiger partial charge on any atom is 0.341 e. The fourth-order valence-electron chi connectivity index (χ4n) is 1.14. The second-order valence-electron chi connectivity index (χ2n) is 2.84. The Hall–Kier alpha value is -1.36. The number of aryl methyl sites for hydroxylation is 1. The van der Waals surface area contributed by atoms with Crippen LogP contribution in [0.4, 0.5) is 0 Å². The molecule has 0 aliphatic rings. The molecule has 5 nitrogen and oxygen atoms in total. The molecule has 0 amide bonds. The molecule has 78 valence electrons. The van der Waals surface area contributed by atoms with Crippen molar-refractivity contribution < 1.29 is 14.6 Å². The van der Waals surface area contributed by atoms with Crippen LogP contribution >= 0.6 is 0 Å². The molecule has 0 aliphatic carbocycles. The quantitative estimate of drug-likeness (QED) is 0.709. The summed E-state index contributed by atoms with van der Waals surface area (Å²) >= 11 is 0. The Morgan fingerprint density at radius 1 is 1.71 bits per heavy atom. The number of hydrogen-bond donors (Lipinski definition) is 1. The molecule has 0 bridgehead atoms. The van der Waals surface area contributed by atoms with Crippen molar-refractivity contribution in [1.29, 1.82) is 0 Å². The molecule has 1 N–H and O–H groups in total. The lowest BCUT2D eigenvalue weighted by atomic mass is 10.3. The average molecular weight is 198 g/mol. The lowest BCUT2D eigenvalue weighted by Gasteiger charge is -1.98. The Morgan fingerprint density at radius 3 is 3.00 bits per heavy atom. The maximum absolute atomic E-state index is 11.3. The zero-order chi connectivity index (χ0) is 10.6. The van der Waals surface area contributed by atoms with Crippen LogP contribution in [0.1, 0.15) is 23.0 Å². The number of carbonyl (C=O) groups excluding carboxylic acids is 1. The van der Waals surface area contributed by atoms with Gasteiger partial charge in [-0.05, 0) is 13.8 Å². The van der Waals surface area contributed by atoms with Gasteiger partial charge in [-0.25, -0.2) is 4.79 Å². The number of esters is 1. The van der Waals surface area contributed by atoms with E-state index in [9.17, 15) is 4.79 Å². The van der Waals surface area contributed by atoms with Gasteiger partial charge in [0.05, 0.1) is 25.5 Å². The lowest BCUT2D eigenvalue weighted by Crippen LogP contribution is -2.05. The largest absolute Gasteiger partial charge is 0.462 e. The monoisotopic (exact) mass is 198 g/mol. The highest BCUT2D eigenvalue weighted by molar-refractivity contribution is 5.90. The molecule has 1 aromatic rings. The van der Waals surface area contributed by atoms with Crippen LogP contribution in [0.15, 0.2) is 6.20 Å². The first-order valence-electron chi connectivity index (χ1n) is 4.51. The van der Waals surface area contributed by atoms with Crippen LogP contribution in [0.25, 0.3) is 0 Å². The molecule has 0 saturated heterocycles. The van der Waals surface area contributed by atoms with Crippen LogP contribution < -0.4 is 0 Å². The molecule has 0 aliphatic heterocycles. The number of ether oxygens (including phenoxy) is 1. The van der Waals surface area contributed by atoms with Gasteiger partial charge in [0.15, 0.2) is 0 Å². The van der Waals surface area contributed by atoms with Crippen molar-refractivity contribution in [3.63, 3.8) is 0 Å². The number of rotatable bonds is 4. The SMILES string of the molecule is CCOC(=O)c1cn(CCO)nc1C. The lowest BCUT2D eigenvalue weighted by molar-refractivity contribution is 0.0525. The summed E-state index contributed by atoms with van der Waals surface area (Å²) in [7, 11) is 0. The third-order valence-electron chi connectivity index (χ3n) is 1.77. The van der Waals surface area contributed by atoms with E-state index in [0.717, 1.165) is 0 Å². The van der Waals surface area contributed by atoms with Gasteiger partial charge in [-0.15, -0.1) is 0 Å². The standard InChI is InChI=1S/C9H14N2O3/c1-3-14-9(13)8-6-11(4-5-12)10-7(8)2/h6,12H,3-5H2,1-2H3. The Balaban J connectivity index is 2.81. The first kappa shape index (κ1) is 10.7. The van der Waals surface area contributed by atoms with Crippen LogP contribution in [0, 0.1) is 6.92 Å². The highest BCUT2D eigenvalue weighted by Crippen LogP contribution is 2.07. The van der Waals surface area contributed by atoms with Crippen LogP contribution in [-0.2, 0) is 11.3 Å². The molecule has 14 heavy (non-hydrogen) atoms. The van der Waals surface area contributed by atoms with E-state index in [1.165, 1.54) is 4.68 Å². The minimum absolute atomic E-state index is 0.00336. The highest BCUT2D eigenvalue weighted by Gasteiger charge is 2.13. The van der Waals surface area contributed by atoms with Gasteiger partial charge in [0.25, 0.3) is 0 Å². The number of nitrogens with zero attached hydrogens (tertiary/aromatic N) is 2. The first-order chi connectivity index (χ1) is 6.69. The molecule has 0 saturated carbocycles. The van der Waals surface area contributed by atoms with Gasteiger partial charge >= 0.3 is 5.97 Å². The highest BCUT2D eigenvalue weighted by atomic mass is 16.5. The topological polar surface area (TPSA) is 64.3 Å². The van der Waals surface area contributed by atoms with Crippen molar-refractivity contribution in [2.75, 3.05) is 13.2 Å². The fourth-order valence-corrected chi connectivity index (χ4v) is 1.14. The summed E-state index contributed by atoms with van der Waals surface area (Å²) in [6.07, 6.45) is 1.59. The molecule has 5 heteroatoms. The zero-order valence-electron chi connectivity index (χ0n) is 8.36. The van der Waals surface area contributed by atoms with E-state index >= 15 is 0 Å². The van der Waals surface area contributed by atoms with E-state index in [4.69, 9.17) is 9.84 Å². The summed E-state index contributed by atoms with van der Waals surface area (Å²) < 4.78 is 6.37. The molecular formula is C9H14N2O3. The molecule has 0 fully saturated rings. The smallest absolute Gasteiger partial charge is 0.341 e. The van der Waals surface area contributed by atoms with Gasteiger partial charge in [0.1, 0.15) is 5.56 Å². The number of aliphatic hydroxyl groups excluding tert-OH is 1. The van der Waals surface area contributed by atoms with Gasteiger partial charge in [0.2, 0.25) is 0 Å². The van der Waals surface area contributed by atoms with Crippen molar-refractivity contribution in [3.8, 4) is 0 Å². The summed E-state index contributed by atoms with van der Waals surface area (Å²) in [5.74, 6) is -0.366. The number of aromatic nitrogens is 2. The predicted molar refractivity (Wildman–Crippen MR) is 50.0 cm³/mol. The summed E-state index contributed by atoms with van der Waals surface area (Å²) in [6.45, 7) is 4.23. The first-order valence-corrected chi connectivity index (χ1v) is 4.51. The molecule has 0 atom stereocenters. The second kappa shape index (κ2) is 4.76. The molecule has 1 aromatic heterocycles. The Kier molecular flexibility index (Phi) is 3.64. The normalized spacial score (nSPS) is 10.2. The maximum atomic E-state index is 11.3. The summed E-state index contributed by atoms with van der Waals surface area (Å²) in [6, 6.07) is 0. The molecular weight excluding hydrogens is 184 g/mol. The van der Waals surface area contributed by atoms with Crippen molar-refractivity contribution in [1.82, 2.24) is 9.78 Å². The van der Waals surface area contributed by atoms with Crippen LogP contribution in [-0.4, -0.2) is 34.1 Å². The third kappa shape index (κ3) is 2.32. The molecule has 0 spiro atoms. The molecule has 0 radical (unpaired) electrons. The second-order valence-corrected chi connectivity index (χ2v) is 2.84. The van der Waals surface area contributed by atoms with E-state index in [-0.39, 0.29) is 12.6 Å². The minimum Gasteiger partial charge on any atom is -0.462 e. The van der Waals surface area contributed by atoms with E-state index < -0.39 is 0 Å². The van der Waals surface area contributed by atoms with E-state index in [0.29, 0.717) is 24.4 Å². The zero-order valence-corrected chi connectivity index (χ0v) is 8.36. The van der Waals surface area contributed by atoms with Gasteiger partial charge < -0.3 is 9.84 Å². The van der Waals surface area contributed by atoms with Gasteiger partial charge in [0, 0.05) is 6.20 Å². The van der Waals surface area contributed by atoms with Crippen molar-refractivity contribution in [2.24, 2.45) is 0 Å². The summed E-state index contributed by atoms with van der Waals surface area (Å²) in [4.78, 5) is 11.3. The number of carbonyl (C=O) groups is 1. The molecule has 0 unspecified atom stereocenters. The van der Waals surface area contributed by atoms with E-state index in [1.807, 2.05) is 0 Å². The van der Waals surface area contributed by atoms with Crippen molar-refractivity contribution in [2.45, 2.75) is 20.4 Å². The Morgan fingerprint density at radius 2 is 2.43 bits per heavy atom. The predicted octanol–water partition coefficient (Wildman–Crippen LogP) is 0.361.